The molecule has 0 fully saturated rings. The molecule has 0 spiro atoms. The van der Waals surface area contributed by atoms with Gasteiger partial charge < -0.3 is 4.74 Å². The SMILES string of the molecule is Cc1ccc(N=Cc2ccc(Oc3ccc([N+](=O)[O-])cc3[N+](=O)[O-])c(Cl)c2)cc1Cl. The van der Waals surface area contributed by atoms with E-state index in [1.165, 1.54) is 6.07 Å². The number of halogens is 2. The number of benzene rings is 3. The molecule has 0 amide bonds. The van der Waals surface area contributed by atoms with Crippen molar-refractivity contribution in [1.82, 2.24) is 0 Å². The fourth-order valence-corrected chi connectivity index (χ4v) is 2.86. The molecule has 30 heavy (non-hydrogen) atoms. The van der Waals surface area contributed by atoms with Gasteiger partial charge >= 0.3 is 5.69 Å². The Kier molecular flexibility index (Phi) is 6.29. The number of aryl methyl sites for hydroxylation is 1. The van der Waals surface area contributed by atoms with Crippen molar-refractivity contribution in [2.45, 2.75) is 6.92 Å². The average Bonchev–Trinajstić information content (AvgIpc) is 2.70. The molecule has 0 bridgehead atoms. The highest BCUT2D eigenvalue weighted by Crippen LogP contribution is 2.37. The van der Waals surface area contributed by atoms with E-state index in [0.717, 1.165) is 23.8 Å². The standard InChI is InChI=1S/C20H13Cl2N3O5/c1-12-2-4-14(9-16(12)21)23-11-13-3-6-19(17(22)8-13)30-20-7-5-15(24(26)27)10-18(20)25(28)29/h2-11H,1H3. The summed E-state index contributed by atoms with van der Waals surface area (Å²) in [5.74, 6) is -0.00707. The van der Waals surface area contributed by atoms with Crippen LogP contribution >= 0.6 is 23.2 Å². The molecule has 0 atom stereocenters. The van der Waals surface area contributed by atoms with E-state index >= 15 is 0 Å². The van der Waals surface area contributed by atoms with E-state index in [-0.39, 0.29) is 16.5 Å². The van der Waals surface area contributed by atoms with Crippen molar-refractivity contribution in [3.05, 3.63) is 96.0 Å². The quantitative estimate of drug-likeness (QED) is 0.239. The van der Waals surface area contributed by atoms with Crippen LogP contribution in [0, 0.1) is 27.2 Å². The summed E-state index contributed by atoms with van der Waals surface area (Å²) in [7, 11) is 0. The van der Waals surface area contributed by atoms with Crippen molar-refractivity contribution < 1.29 is 14.6 Å². The third-order valence-corrected chi connectivity index (χ3v) is 4.75. The van der Waals surface area contributed by atoms with Crippen LogP contribution in [-0.4, -0.2) is 16.1 Å². The van der Waals surface area contributed by atoms with Gasteiger partial charge in [0.25, 0.3) is 5.69 Å². The van der Waals surface area contributed by atoms with E-state index in [1.54, 1.807) is 24.4 Å². The summed E-state index contributed by atoms with van der Waals surface area (Å²) < 4.78 is 5.52. The number of nitro groups is 2. The van der Waals surface area contributed by atoms with Gasteiger partial charge in [0, 0.05) is 17.3 Å². The third-order valence-electron chi connectivity index (χ3n) is 4.04. The van der Waals surface area contributed by atoms with Gasteiger partial charge in [-0.05, 0) is 54.4 Å². The number of non-ortho nitro benzene ring substituents is 1. The molecule has 3 aromatic carbocycles. The number of hydrogen-bond donors (Lipinski definition) is 0. The number of aliphatic imine (C=N–C) groups is 1. The van der Waals surface area contributed by atoms with Crippen molar-refractivity contribution in [1.29, 1.82) is 0 Å². The summed E-state index contributed by atoms with van der Waals surface area (Å²) >= 11 is 12.3. The summed E-state index contributed by atoms with van der Waals surface area (Å²) in [6, 6.07) is 13.3. The summed E-state index contributed by atoms with van der Waals surface area (Å²) in [4.78, 5) is 24.9. The van der Waals surface area contributed by atoms with Crippen molar-refractivity contribution in [2.24, 2.45) is 4.99 Å². The van der Waals surface area contributed by atoms with Crippen LogP contribution in [0.25, 0.3) is 0 Å². The maximum absolute atomic E-state index is 11.2. The van der Waals surface area contributed by atoms with Gasteiger partial charge in [-0.3, -0.25) is 25.2 Å². The Bertz CT molecular complexity index is 1180. The Morgan fingerprint density at radius 2 is 1.63 bits per heavy atom. The topological polar surface area (TPSA) is 108 Å². The number of nitro benzene ring substituents is 2. The van der Waals surface area contributed by atoms with Crippen molar-refractivity contribution >= 4 is 46.5 Å². The van der Waals surface area contributed by atoms with Crippen LogP contribution in [-0.2, 0) is 0 Å². The second kappa shape index (κ2) is 8.89. The molecule has 0 N–H and O–H groups in total. The van der Waals surface area contributed by atoms with Gasteiger partial charge in [-0.1, -0.05) is 29.3 Å². The number of ether oxygens (including phenoxy) is 1. The first-order valence-electron chi connectivity index (χ1n) is 8.45. The molecule has 3 aromatic rings. The highest BCUT2D eigenvalue weighted by Gasteiger charge is 2.21. The maximum atomic E-state index is 11.2. The lowest BCUT2D eigenvalue weighted by Gasteiger charge is -2.08. The van der Waals surface area contributed by atoms with Crippen LogP contribution < -0.4 is 4.74 Å². The van der Waals surface area contributed by atoms with Gasteiger partial charge in [-0.2, -0.15) is 0 Å². The molecule has 0 saturated heterocycles. The van der Waals surface area contributed by atoms with Crippen LogP contribution in [0.4, 0.5) is 17.1 Å². The Labute approximate surface area is 180 Å². The monoisotopic (exact) mass is 445 g/mol. The van der Waals surface area contributed by atoms with E-state index in [2.05, 4.69) is 4.99 Å². The van der Waals surface area contributed by atoms with Gasteiger partial charge in [0.15, 0.2) is 0 Å². The minimum absolute atomic E-state index is 0.157. The van der Waals surface area contributed by atoms with Gasteiger partial charge in [-0.15, -0.1) is 0 Å². The third kappa shape index (κ3) is 4.91. The van der Waals surface area contributed by atoms with Crippen molar-refractivity contribution in [3.63, 3.8) is 0 Å². The summed E-state index contributed by atoms with van der Waals surface area (Å²) in [5.41, 5.74) is 1.33. The minimum Gasteiger partial charge on any atom is -0.449 e. The smallest absolute Gasteiger partial charge is 0.318 e. The molecule has 0 heterocycles. The zero-order valence-electron chi connectivity index (χ0n) is 15.4. The fourth-order valence-electron chi connectivity index (χ4n) is 2.46. The van der Waals surface area contributed by atoms with E-state index in [4.69, 9.17) is 27.9 Å². The number of hydrogen-bond acceptors (Lipinski definition) is 6. The minimum atomic E-state index is -0.760. The van der Waals surface area contributed by atoms with E-state index in [1.807, 2.05) is 19.1 Å². The zero-order chi connectivity index (χ0) is 21.8. The number of nitrogens with zero attached hydrogens (tertiary/aromatic N) is 3. The summed E-state index contributed by atoms with van der Waals surface area (Å²) in [5, 5.41) is 22.9. The molecule has 8 nitrogen and oxygen atoms in total. The fraction of sp³-hybridized carbons (Fsp3) is 0.0500. The molecule has 0 radical (unpaired) electrons. The first-order valence-corrected chi connectivity index (χ1v) is 9.20. The molecule has 10 heteroatoms. The Morgan fingerprint density at radius 1 is 0.900 bits per heavy atom. The van der Waals surface area contributed by atoms with E-state index < -0.39 is 21.2 Å². The Hall–Kier alpha value is -3.49. The van der Waals surface area contributed by atoms with Crippen LogP contribution in [0.3, 0.4) is 0 Å². The highest BCUT2D eigenvalue weighted by atomic mass is 35.5. The van der Waals surface area contributed by atoms with Crippen LogP contribution in [0.1, 0.15) is 11.1 Å². The van der Waals surface area contributed by atoms with Gasteiger partial charge in [-0.25, -0.2) is 0 Å². The second-order valence-electron chi connectivity index (χ2n) is 6.15. The first kappa shape index (κ1) is 21.2. The lowest BCUT2D eigenvalue weighted by Crippen LogP contribution is -1.96. The first-order chi connectivity index (χ1) is 14.2. The molecule has 0 aliphatic rings. The highest BCUT2D eigenvalue weighted by molar-refractivity contribution is 6.32. The van der Waals surface area contributed by atoms with Gasteiger partial charge in [0.2, 0.25) is 5.75 Å². The molecule has 3 rings (SSSR count). The normalized spacial score (nSPS) is 10.9. The maximum Gasteiger partial charge on any atom is 0.318 e. The molecule has 0 aliphatic heterocycles. The van der Waals surface area contributed by atoms with Crippen LogP contribution in [0.2, 0.25) is 10.0 Å². The largest absolute Gasteiger partial charge is 0.449 e. The second-order valence-corrected chi connectivity index (χ2v) is 6.96. The van der Waals surface area contributed by atoms with Gasteiger partial charge in [0.1, 0.15) is 5.75 Å². The Morgan fingerprint density at radius 3 is 2.27 bits per heavy atom. The molecular formula is C20H13Cl2N3O5. The average molecular weight is 446 g/mol. The van der Waals surface area contributed by atoms with Crippen molar-refractivity contribution in [3.8, 4) is 11.5 Å². The molecule has 152 valence electrons. The van der Waals surface area contributed by atoms with Crippen LogP contribution in [0.15, 0.2) is 59.6 Å². The van der Waals surface area contributed by atoms with Crippen LogP contribution in [0.5, 0.6) is 11.5 Å². The lowest BCUT2D eigenvalue weighted by molar-refractivity contribution is -0.394. The summed E-state index contributed by atoms with van der Waals surface area (Å²) in [6.07, 6.45) is 1.59. The predicted molar refractivity (Wildman–Crippen MR) is 115 cm³/mol. The molecule has 0 aromatic heterocycles. The van der Waals surface area contributed by atoms with Gasteiger partial charge in [0.05, 0.1) is 26.6 Å². The van der Waals surface area contributed by atoms with E-state index in [0.29, 0.717) is 16.3 Å². The van der Waals surface area contributed by atoms with E-state index in [9.17, 15) is 20.2 Å². The Balaban J connectivity index is 1.84. The zero-order valence-corrected chi connectivity index (χ0v) is 16.9. The molecule has 0 aliphatic carbocycles. The molecule has 0 unspecified atom stereocenters. The molecule has 0 saturated carbocycles. The lowest BCUT2D eigenvalue weighted by atomic mass is 10.2. The number of rotatable bonds is 6. The summed E-state index contributed by atoms with van der Waals surface area (Å²) in [6.45, 7) is 1.89. The van der Waals surface area contributed by atoms with Crippen molar-refractivity contribution in [2.75, 3.05) is 0 Å². The molecular weight excluding hydrogens is 433 g/mol. The predicted octanol–water partition coefficient (Wildman–Crippen LogP) is 6.66.